The number of halogens is 3. The monoisotopic (exact) mass is 324 g/mol. The van der Waals surface area contributed by atoms with Crippen molar-refractivity contribution in [2.75, 3.05) is 11.9 Å². The maximum atomic E-state index is 12.6. The number of benzene rings is 1. The zero-order valence-corrected chi connectivity index (χ0v) is 12.6. The molecule has 0 aliphatic carbocycles. The molecule has 0 saturated heterocycles. The topological polar surface area (TPSA) is 51.2 Å². The van der Waals surface area contributed by atoms with Gasteiger partial charge in [0.15, 0.2) is 0 Å². The van der Waals surface area contributed by atoms with Gasteiger partial charge in [-0.15, -0.1) is 0 Å². The van der Waals surface area contributed by atoms with Crippen molar-refractivity contribution in [2.45, 2.75) is 20.0 Å². The van der Waals surface area contributed by atoms with Crippen LogP contribution in [0.4, 0.5) is 18.9 Å². The molecule has 1 aromatic carbocycles. The highest BCUT2D eigenvalue weighted by molar-refractivity contribution is 6.05. The van der Waals surface area contributed by atoms with E-state index in [4.69, 9.17) is 4.74 Å². The Morgan fingerprint density at radius 2 is 1.83 bits per heavy atom. The summed E-state index contributed by atoms with van der Waals surface area (Å²) >= 11 is 0. The Kier molecular flexibility index (Phi) is 4.88. The summed E-state index contributed by atoms with van der Waals surface area (Å²) in [5.74, 6) is 0.144. The number of hydrogen-bond acceptors (Lipinski definition) is 3. The molecule has 0 radical (unpaired) electrons. The van der Waals surface area contributed by atoms with Crippen LogP contribution >= 0.6 is 0 Å². The lowest BCUT2D eigenvalue weighted by molar-refractivity contribution is -0.141. The van der Waals surface area contributed by atoms with Gasteiger partial charge in [-0.25, -0.2) is 4.98 Å². The van der Waals surface area contributed by atoms with Gasteiger partial charge in [0.1, 0.15) is 11.4 Å². The summed E-state index contributed by atoms with van der Waals surface area (Å²) in [6.45, 7) is 3.75. The van der Waals surface area contributed by atoms with E-state index in [1.54, 1.807) is 24.3 Å². The van der Waals surface area contributed by atoms with Gasteiger partial charge in [0.2, 0.25) is 0 Å². The maximum absolute atomic E-state index is 12.6. The van der Waals surface area contributed by atoms with E-state index < -0.39 is 17.8 Å². The lowest BCUT2D eigenvalue weighted by Crippen LogP contribution is -2.16. The van der Waals surface area contributed by atoms with E-state index in [0.717, 1.165) is 12.1 Å². The van der Waals surface area contributed by atoms with Crippen LogP contribution in [-0.4, -0.2) is 17.5 Å². The van der Waals surface area contributed by atoms with E-state index in [1.807, 2.05) is 6.92 Å². The fraction of sp³-hybridized carbons (Fsp3) is 0.250. The number of carbonyl (C=O) groups is 1. The first kappa shape index (κ1) is 16.8. The number of rotatable bonds is 4. The van der Waals surface area contributed by atoms with Crippen LogP contribution in [0, 0.1) is 6.92 Å². The molecular weight excluding hydrogens is 309 g/mol. The summed E-state index contributed by atoms with van der Waals surface area (Å²) in [5, 5.41) is 2.61. The average Bonchev–Trinajstić information content (AvgIpc) is 2.48. The van der Waals surface area contributed by atoms with Crippen LogP contribution in [0.1, 0.15) is 28.7 Å². The number of pyridine rings is 1. The summed E-state index contributed by atoms with van der Waals surface area (Å²) in [7, 11) is 0. The molecule has 0 bridgehead atoms. The van der Waals surface area contributed by atoms with Crippen molar-refractivity contribution in [1.82, 2.24) is 4.98 Å². The Labute approximate surface area is 131 Å². The van der Waals surface area contributed by atoms with Crippen LogP contribution < -0.4 is 10.1 Å². The summed E-state index contributed by atoms with van der Waals surface area (Å²) in [5.41, 5.74) is -0.402. The number of anilines is 1. The third-order valence-corrected chi connectivity index (χ3v) is 3.04. The van der Waals surface area contributed by atoms with Crippen molar-refractivity contribution < 1.29 is 22.7 Å². The standard InChI is InChI=1S/C16H15F3N2O2/c1-3-23-12-6-4-11(5-7-12)21-15(22)13-8-9-14(16(17,18)19)20-10(13)2/h4-9H,3H2,1-2H3,(H,21,22). The minimum Gasteiger partial charge on any atom is -0.494 e. The molecule has 2 aromatic rings. The average molecular weight is 324 g/mol. The summed E-state index contributed by atoms with van der Waals surface area (Å²) in [6.07, 6.45) is -4.53. The number of alkyl halides is 3. The molecular formula is C16H15F3N2O2. The first-order chi connectivity index (χ1) is 10.8. The minimum absolute atomic E-state index is 0.0169. The number of nitrogens with zero attached hydrogens (tertiary/aromatic N) is 1. The molecule has 1 amide bonds. The molecule has 7 heteroatoms. The van der Waals surface area contributed by atoms with E-state index in [-0.39, 0.29) is 11.3 Å². The van der Waals surface area contributed by atoms with Crippen LogP contribution in [0.5, 0.6) is 5.75 Å². The zero-order valence-electron chi connectivity index (χ0n) is 12.6. The molecule has 0 atom stereocenters. The first-order valence-corrected chi connectivity index (χ1v) is 6.90. The van der Waals surface area contributed by atoms with Gasteiger partial charge in [-0.1, -0.05) is 0 Å². The molecule has 2 rings (SSSR count). The number of amides is 1. The number of aryl methyl sites for hydroxylation is 1. The lowest BCUT2D eigenvalue weighted by atomic mass is 10.1. The Morgan fingerprint density at radius 1 is 1.17 bits per heavy atom. The smallest absolute Gasteiger partial charge is 0.433 e. The van der Waals surface area contributed by atoms with E-state index >= 15 is 0 Å². The largest absolute Gasteiger partial charge is 0.494 e. The van der Waals surface area contributed by atoms with Crippen molar-refractivity contribution in [3.8, 4) is 5.75 Å². The zero-order chi connectivity index (χ0) is 17.0. The number of hydrogen-bond donors (Lipinski definition) is 1. The fourth-order valence-corrected chi connectivity index (χ4v) is 1.96. The molecule has 0 fully saturated rings. The fourth-order valence-electron chi connectivity index (χ4n) is 1.96. The van der Waals surface area contributed by atoms with Crippen LogP contribution in [0.15, 0.2) is 36.4 Å². The molecule has 0 aliphatic rings. The van der Waals surface area contributed by atoms with Gasteiger partial charge >= 0.3 is 6.18 Å². The van der Waals surface area contributed by atoms with Gasteiger partial charge in [0.05, 0.1) is 17.9 Å². The van der Waals surface area contributed by atoms with Gasteiger partial charge in [0.25, 0.3) is 5.91 Å². The molecule has 1 N–H and O–H groups in total. The molecule has 23 heavy (non-hydrogen) atoms. The van der Waals surface area contributed by atoms with Crippen molar-refractivity contribution in [2.24, 2.45) is 0 Å². The normalized spacial score (nSPS) is 11.2. The van der Waals surface area contributed by atoms with E-state index in [2.05, 4.69) is 10.3 Å². The second-order valence-electron chi connectivity index (χ2n) is 4.74. The molecule has 0 saturated carbocycles. The van der Waals surface area contributed by atoms with Crippen molar-refractivity contribution in [3.05, 3.63) is 53.3 Å². The predicted molar refractivity (Wildman–Crippen MR) is 79.5 cm³/mol. The highest BCUT2D eigenvalue weighted by Gasteiger charge is 2.33. The molecule has 0 aliphatic heterocycles. The molecule has 4 nitrogen and oxygen atoms in total. The number of nitrogens with one attached hydrogen (secondary N) is 1. The van der Waals surface area contributed by atoms with E-state index in [0.29, 0.717) is 18.0 Å². The third kappa shape index (κ3) is 4.21. The van der Waals surface area contributed by atoms with Gasteiger partial charge in [-0.3, -0.25) is 4.79 Å². The van der Waals surface area contributed by atoms with Crippen molar-refractivity contribution >= 4 is 11.6 Å². The van der Waals surface area contributed by atoms with Crippen molar-refractivity contribution in [3.63, 3.8) is 0 Å². The second-order valence-corrected chi connectivity index (χ2v) is 4.74. The van der Waals surface area contributed by atoms with Crippen LogP contribution in [0.25, 0.3) is 0 Å². The van der Waals surface area contributed by atoms with E-state index in [9.17, 15) is 18.0 Å². The number of aromatic nitrogens is 1. The quantitative estimate of drug-likeness (QED) is 0.923. The Balaban J connectivity index is 2.14. The molecule has 1 aromatic heterocycles. The lowest BCUT2D eigenvalue weighted by Gasteiger charge is -2.11. The predicted octanol–water partition coefficient (Wildman–Crippen LogP) is 4.06. The Hall–Kier alpha value is -2.57. The first-order valence-electron chi connectivity index (χ1n) is 6.90. The van der Waals surface area contributed by atoms with E-state index in [1.165, 1.54) is 6.92 Å². The maximum Gasteiger partial charge on any atom is 0.433 e. The summed E-state index contributed by atoms with van der Waals surface area (Å²) in [6, 6.07) is 8.59. The second kappa shape index (κ2) is 6.68. The SMILES string of the molecule is CCOc1ccc(NC(=O)c2ccc(C(F)(F)F)nc2C)cc1. The van der Waals surface area contributed by atoms with Gasteiger partial charge in [-0.05, 0) is 50.2 Å². The minimum atomic E-state index is -4.53. The molecule has 122 valence electrons. The third-order valence-electron chi connectivity index (χ3n) is 3.04. The van der Waals surface area contributed by atoms with Crippen molar-refractivity contribution in [1.29, 1.82) is 0 Å². The van der Waals surface area contributed by atoms with Crippen LogP contribution in [0.3, 0.4) is 0 Å². The highest BCUT2D eigenvalue weighted by Crippen LogP contribution is 2.28. The Bertz CT molecular complexity index is 697. The molecule has 0 spiro atoms. The number of carbonyl (C=O) groups excluding carboxylic acids is 1. The van der Waals surface area contributed by atoms with Gasteiger partial charge < -0.3 is 10.1 Å². The Morgan fingerprint density at radius 3 is 2.35 bits per heavy atom. The molecule has 0 unspecified atom stereocenters. The number of ether oxygens (including phenoxy) is 1. The summed E-state index contributed by atoms with van der Waals surface area (Å²) in [4.78, 5) is 15.6. The van der Waals surface area contributed by atoms with Gasteiger partial charge in [0, 0.05) is 5.69 Å². The van der Waals surface area contributed by atoms with Gasteiger partial charge in [-0.2, -0.15) is 13.2 Å². The molecule has 1 heterocycles. The van der Waals surface area contributed by atoms with Crippen LogP contribution in [0.2, 0.25) is 0 Å². The highest BCUT2D eigenvalue weighted by atomic mass is 19.4. The van der Waals surface area contributed by atoms with Crippen LogP contribution in [-0.2, 0) is 6.18 Å². The summed E-state index contributed by atoms with van der Waals surface area (Å²) < 4.78 is 43.0.